The lowest BCUT2D eigenvalue weighted by Gasteiger charge is -2.40. The van der Waals surface area contributed by atoms with Crippen molar-refractivity contribution in [3.8, 4) is 5.88 Å². The number of nitrogen functional groups attached to an aromatic ring is 1. The zero-order valence-corrected chi connectivity index (χ0v) is 10.2. The van der Waals surface area contributed by atoms with Gasteiger partial charge in [-0.3, -0.25) is 0 Å². The first-order valence-electron chi connectivity index (χ1n) is 5.64. The Morgan fingerprint density at radius 2 is 2.18 bits per heavy atom. The molecule has 0 unspecified atom stereocenters. The summed E-state index contributed by atoms with van der Waals surface area (Å²) < 4.78 is 10.6. The van der Waals surface area contributed by atoms with E-state index < -0.39 is 0 Å². The summed E-state index contributed by atoms with van der Waals surface area (Å²) in [5, 5.41) is 3.20. The highest BCUT2D eigenvalue weighted by molar-refractivity contribution is 5.66. The molecule has 2 rings (SSSR count). The summed E-state index contributed by atoms with van der Waals surface area (Å²) in [5.74, 6) is 0.989. The van der Waals surface area contributed by atoms with Crippen LogP contribution in [-0.4, -0.2) is 36.3 Å². The van der Waals surface area contributed by atoms with Crippen molar-refractivity contribution in [2.75, 3.05) is 31.8 Å². The van der Waals surface area contributed by atoms with Crippen molar-refractivity contribution in [1.82, 2.24) is 9.97 Å². The van der Waals surface area contributed by atoms with Crippen LogP contribution >= 0.6 is 0 Å². The van der Waals surface area contributed by atoms with Crippen LogP contribution in [0.4, 0.5) is 11.5 Å². The van der Waals surface area contributed by atoms with E-state index in [2.05, 4.69) is 15.3 Å². The normalized spacial score (nSPS) is 17.3. The third-order valence-corrected chi connectivity index (χ3v) is 3.32. The molecular formula is C11H18N4O2. The number of hydrogen-bond donors (Lipinski definition) is 2. The van der Waals surface area contributed by atoms with E-state index in [9.17, 15) is 0 Å². The maximum absolute atomic E-state index is 5.87. The summed E-state index contributed by atoms with van der Waals surface area (Å²) in [6.07, 6.45) is 4.77. The average molecular weight is 238 g/mol. The van der Waals surface area contributed by atoms with E-state index in [1.165, 1.54) is 19.9 Å². The molecule has 1 aliphatic carbocycles. The number of rotatable bonds is 5. The molecule has 1 saturated carbocycles. The number of hydrogen-bond acceptors (Lipinski definition) is 6. The lowest BCUT2D eigenvalue weighted by molar-refractivity contribution is -0.0601. The van der Waals surface area contributed by atoms with Crippen molar-refractivity contribution in [2.45, 2.75) is 24.9 Å². The summed E-state index contributed by atoms with van der Waals surface area (Å²) in [5.41, 5.74) is 6.24. The van der Waals surface area contributed by atoms with Gasteiger partial charge in [-0.25, -0.2) is 4.98 Å². The van der Waals surface area contributed by atoms with Crippen LogP contribution in [0.15, 0.2) is 6.33 Å². The van der Waals surface area contributed by atoms with Crippen molar-refractivity contribution < 1.29 is 9.47 Å². The second kappa shape index (κ2) is 4.75. The van der Waals surface area contributed by atoms with E-state index in [1.807, 2.05) is 0 Å². The molecule has 1 aromatic heterocycles. The molecule has 1 fully saturated rings. The van der Waals surface area contributed by atoms with Gasteiger partial charge in [-0.15, -0.1) is 0 Å². The van der Waals surface area contributed by atoms with Crippen molar-refractivity contribution in [2.24, 2.45) is 0 Å². The fraction of sp³-hybridized carbons (Fsp3) is 0.636. The molecule has 17 heavy (non-hydrogen) atoms. The minimum Gasteiger partial charge on any atom is -0.479 e. The molecule has 94 valence electrons. The van der Waals surface area contributed by atoms with E-state index in [0.29, 0.717) is 23.9 Å². The van der Waals surface area contributed by atoms with Gasteiger partial charge in [0.2, 0.25) is 5.88 Å². The van der Waals surface area contributed by atoms with Gasteiger partial charge in [0, 0.05) is 13.7 Å². The second-order valence-corrected chi connectivity index (χ2v) is 4.24. The summed E-state index contributed by atoms with van der Waals surface area (Å²) in [6, 6.07) is 0. The Labute approximate surface area is 101 Å². The van der Waals surface area contributed by atoms with Crippen LogP contribution in [-0.2, 0) is 4.74 Å². The van der Waals surface area contributed by atoms with Crippen LogP contribution < -0.4 is 15.8 Å². The number of anilines is 2. The summed E-state index contributed by atoms with van der Waals surface area (Å²) in [6.45, 7) is 0.702. The number of methoxy groups -OCH3 is 2. The van der Waals surface area contributed by atoms with Crippen LogP contribution in [0.5, 0.6) is 5.88 Å². The lowest BCUT2D eigenvalue weighted by atomic mass is 9.80. The number of nitrogens with zero attached hydrogens (tertiary/aromatic N) is 2. The molecule has 0 amide bonds. The van der Waals surface area contributed by atoms with E-state index in [1.54, 1.807) is 7.11 Å². The fourth-order valence-corrected chi connectivity index (χ4v) is 1.95. The number of aromatic nitrogens is 2. The topological polar surface area (TPSA) is 82.3 Å². The smallest absolute Gasteiger partial charge is 0.242 e. The first-order valence-corrected chi connectivity index (χ1v) is 5.64. The molecule has 1 aromatic rings. The molecule has 6 heteroatoms. The fourth-order valence-electron chi connectivity index (χ4n) is 1.95. The lowest BCUT2D eigenvalue weighted by Crippen LogP contribution is -2.45. The van der Waals surface area contributed by atoms with Gasteiger partial charge in [0.1, 0.15) is 12.0 Å². The predicted octanol–water partition coefficient (Wildman–Crippen LogP) is 1.05. The third kappa shape index (κ3) is 2.26. The molecule has 0 saturated heterocycles. The van der Waals surface area contributed by atoms with Crippen LogP contribution in [0, 0.1) is 0 Å². The molecule has 6 nitrogen and oxygen atoms in total. The largest absolute Gasteiger partial charge is 0.479 e. The van der Waals surface area contributed by atoms with Gasteiger partial charge in [0.05, 0.1) is 12.7 Å². The Balaban J connectivity index is 2.04. The Morgan fingerprint density at radius 3 is 2.71 bits per heavy atom. The van der Waals surface area contributed by atoms with Gasteiger partial charge < -0.3 is 20.5 Å². The van der Waals surface area contributed by atoms with Crippen molar-refractivity contribution >= 4 is 11.5 Å². The third-order valence-electron chi connectivity index (χ3n) is 3.32. The van der Waals surface area contributed by atoms with Gasteiger partial charge >= 0.3 is 0 Å². The minimum absolute atomic E-state index is 0.0649. The molecule has 0 spiro atoms. The van der Waals surface area contributed by atoms with Gasteiger partial charge in [-0.05, 0) is 19.3 Å². The Bertz CT molecular complexity index is 388. The zero-order chi connectivity index (χ0) is 12.3. The highest BCUT2D eigenvalue weighted by atomic mass is 16.5. The molecule has 1 aliphatic rings. The Kier molecular flexibility index (Phi) is 3.33. The van der Waals surface area contributed by atoms with E-state index >= 15 is 0 Å². The number of nitrogens with one attached hydrogen (secondary N) is 1. The predicted molar refractivity (Wildman–Crippen MR) is 65.1 cm³/mol. The van der Waals surface area contributed by atoms with E-state index in [-0.39, 0.29) is 5.60 Å². The monoisotopic (exact) mass is 238 g/mol. The zero-order valence-electron chi connectivity index (χ0n) is 10.2. The van der Waals surface area contributed by atoms with Crippen molar-refractivity contribution in [3.05, 3.63) is 6.33 Å². The molecule has 0 atom stereocenters. The van der Waals surface area contributed by atoms with Crippen molar-refractivity contribution in [1.29, 1.82) is 0 Å². The average Bonchev–Trinajstić information content (AvgIpc) is 2.30. The molecular weight excluding hydrogens is 220 g/mol. The maximum Gasteiger partial charge on any atom is 0.242 e. The number of nitrogens with two attached hydrogens (primary N) is 1. The molecule has 3 N–H and O–H groups in total. The van der Waals surface area contributed by atoms with Crippen LogP contribution in [0.1, 0.15) is 19.3 Å². The van der Waals surface area contributed by atoms with Gasteiger partial charge in [-0.2, -0.15) is 4.98 Å². The van der Waals surface area contributed by atoms with Crippen LogP contribution in [0.3, 0.4) is 0 Å². The molecule has 0 radical (unpaired) electrons. The quantitative estimate of drug-likeness (QED) is 0.797. The summed E-state index contributed by atoms with van der Waals surface area (Å²) in [4.78, 5) is 8.03. The number of ether oxygens (including phenoxy) is 2. The molecule has 1 heterocycles. The molecule has 0 bridgehead atoms. The standard InChI is InChI=1S/C11H18N4O2/c1-16-10-8(12)9(14-7-15-10)13-6-11(17-2)4-3-5-11/h7H,3-6,12H2,1-2H3,(H,13,14,15). The highest BCUT2D eigenvalue weighted by Gasteiger charge is 2.36. The molecule has 0 aliphatic heterocycles. The van der Waals surface area contributed by atoms with E-state index in [0.717, 1.165) is 12.8 Å². The van der Waals surface area contributed by atoms with Crippen molar-refractivity contribution in [3.63, 3.8) is 0 Å². The summed E-state index contributed by atoms with van der Waals surface area (Å²) in [7, 11) is 3.27. The van der Waals surface area contributed by atoms with Crippen LogP contribution in [0.2, 0.25) is 0 Å². The van der Waals surface area contributed by atoms with Crippen LogP contribution in [0.25, 0.3) is 0 Å². The van der Waals surface area contributed by atoms with E-state index in [4.69, 9.17) is 15.2 Å². The van der Waals surface area contributed by atoms with Gasteiger partial charge in [0.15, 0.2) is 5.82 Å². The first kappa shape index (κ1) is 11.9. The minimum atomic E-state index is -0.0649. The van der Waals surface area contributed by atoms with Gasteiger partial charge in [-0.1, -0.05) is 0 Å². The maximum atomic E-state index is 5.87. The van der Waals surface area contributed by atoms with Gasteiger partial charge in [0.25, 0.3) is 0 Å². The SMILES string of the molecule is COc1ncnc(NCC2(OC)CCC2)c1N. The summed E-state index contributed by atoms with van der Waals surface area (Å²) >= 11 is 0. The molecule has 0 aromatic carbocycles. The Morgan fingerprint density at radius 1 is 1.41 bits per heavy atom. The first-order chi connectivity index (χ1) is 8.21. The highest BCUT2D eigenvalue weighted by Crippen LogP contribution is 2.35. The second-order valence-electron chi connectivity index (χ2n) is 4.24. The Hall–Kier alpha value is -1.56.